The number of halogens is 1. The summed E-state index contributed by atoms with van der Waals surface area (Å²) in [5.41, 5.74) is -0.406. The van der Waals surface area contributed by atoms with Crippen LogP contribution in [0, 0.1) is 17.1 Å². The third-order valence-corrected chi connectivity index (χ3v) is 6.37. The summed E-state index contributed by atoms with van der Waals surface area (Å²) >= 11 is 1.24. The minimum absolute atomic E-state index is 0.0770. The quantitative estimate of drug-likeness (QED) is 0.860. The van der Waals surface area contributed by atoms with Gasteiger partial charge in [-0.3, -0.25) is 9.69 Å². The minimum Gasteiger partial charge on any atom is -0.497 e. The fourth-order valence-electron chi connectivity index (χ4n) is 3.72. The van der Waals surface area contributed by atoms with Gasteiger partial charge in [-0.25, -0.2) is 4.39 Å². The highest BCUT2D eigenvalue weighted by Crippen LogP contribution is 2.52. The fraction of sp³-hybridized carbons (Fsp3) is 0.238. The first kappa shape index (κ1) is 18.5. The Morgan fingerprint density at radius 3 is 2.64 bits per heavy atom. The van der Waals surface area contributed by atoms with Crippen LogP contribution >= 0.6 is 11.8 Å². The fourth-order valence-corrected chi connectivity index (χ4v) is 5.08. The molecule has 4 rings (SSSR count). The van der Waals surface area contributed by atoms with E-state index in [0.29, 0.717) is 27.5 Å². The molecule has 2 atom stereocenters. The van der Waals surface area contributed by atoms with Crippen LogP contribution in [0.2, 0.25) is 0 Å². The van der Waals surface area contributed by atoms with Gasteiger partial charge in [0.15, 0.2) is 5.72 Å². The Bertz CT molecular complexity index is 1020. The molecule has 0 aromatic heterocycles. The van der Waals surface area contributed by atoms with Crippen molar-refractivity contribution in [2.45, 2.75) is 18.1 Å². The molecule has 0 unspecified atom stereocenters. The molecule has 0 aliphatic carbocycles. The van der Waals surface area contributed by atoms with Crippen LogP contribution in [0.1, 0.15) is 23.5 Å². The summed E-state index contributed by atoms with van der Waals surface area (Å²) in [6, 6.07) is 15.1. The average Bonchev–Trinajstić information content (AvgIpc) is 3.07. The Morgan fingerprint density at radius 1 is 1.29 bits per heavy atom. The van der Waals surface area contributed by atoms with Gasteiger partial charge in [0.05, 0.1) is 29.5 Å². The van der Waals surface area contributed by atoms with Gasteiger partial charge >= 0.3 is 0 Å². The number of hydrogen-bond donors (Lipinski definition) is 1. The maximum Gasteiger partial charge on any atom is 0.231 e. The Hall–Kier alpha value is -2.82. The lowest BCUT2D eigenvalue weighted by molar-refractivity contribution is -0.149. The molecular formula is C21H17FN2O3S. The summed E-state index contributed by atoms with van der Waals surface area (Å²) < 4.78 is 19.5. The molecule has 1 amide bonds. The zero-order valence-electron chi connectivity index (χ0n) is 15.1. The van der Waals surface area contributed by atoms with Crippen LogP contribution in [0.3, 0.4) is 0 Å². The number of aliphatic hydroxyl groups is 1. The molecule has 2 heterocycles. The summed E-state index contributed by atoms with van der Waals surface area (Å²) in [5.74, 6) is -0.622. The van der Waals surface area contributed by atoms with E-state index in [1.807, 2.05) is 0 Å². The van der Waals surface area contributed by atoms with Crippen molar-refractivity contribution in [3.8, 4) is 11.8 Å². The molecule has 0 radical (unpaired) electrons. The highest BCUT2D eigenvalue weighted by molar-refractivity contribution is 8.03. The number of fused-ring (bicyclic) bond motifs is 1. The molecule has 28 heavy (non-hydrogen) atoms. The molecule has 0 spiro atoms. The maximum absolute atomic E-state index is 14.3. The molecule has 5 nitrogen and oxygen atoms in total. The van der Waals surface area contributed by atoms with Gasteiger partial charge < -0.3 is 9.84 Å². The van der Waals surface area contributed by atoms with Gasteiger partial charge in [-0.15, -0.1) is 11.8 Å². The largest absolute Gasteiger partial charge is 0.497 e. The Labute approximate surface area is 166 Å². The van der Waals surface area contributed by atoms with Crippen LogP contribution in [0.4, 0.5) is 4.39 Å². The van der Waals surface area contributed by atoms with E-state index >= 15 is 0 Å². The predicted molar refractivity (Wildman–Crippen MR) is 103 cm³/mol. The number of thioether (sulfide) groups is 1. The standard InChI is InChI=1S/C21H17FN2O3S/c1-27-14-8-6-13(7-9-14)21(26)12-28-20-17(11-23)16(10-19(25)24(20)21)15-4-2-3-5-18(15)22/h2-9,16,26H,10,12H2,1H3/t16-,21+/m1/s1. The monoisotopic (exact) mass is 396 g/mol. The first-order valence-electron chi connectivity index (χ1n) is 8.71. The van der Waals surface area contributed by atoms with Crippen LogP contribution in [0.25, 0.3) is 0 Å². The summed E-state index contributed by atoms with van der Waals surface area (Å²) in [6.07, 6.45) is -0.0770. The van der Waals surface area contributed by atoms with Crippen molar-refractivity contribution in [1.82, 2.24) is 4.90 Å². The number of ether oxygens (including phenoxy) is 1. The maximum atomic E-state index is 14.3. The van der Waals surface area contributed by atoms with Crippen molar-refractivity contribution in [3.05, 3.63) is 76.1 Å². The van der Waals surface area contributed by atoms with Crippen LogP contribution < -0.4 is 4.74 Å². The average molecular weight is 396 g/mol. The minimum atomic E-state index is -1.56. The number of benzene rings is 2. The van der Waals surface area contributed by atoms with Gasteiger partial charge in [0.1, 0.15) is 11.6 Å². The predicted octanol–water partition coefficient (Wildman–Crippen LogP) is 3.48. The summed E-state index contributed by atoms with van der Waals surface area (Å²) in [6.45, 7) is 0. The molecule has 2 aliphatic rings. The molecule has 2 aliphatic heterocycles. The zero-order chi connectivity index (χ0) is 19.9. The summed E-state index contributed by atoms with van der Waals surface area (Å²) in [5, 5.41) is 21.5. The van der Waals surface area contributed by atoms with Crippen molar-refractivity contribution in [2.75, 3.05) is 12.9 Å². The molecule has 0 saturated carbocycles. The molecule has 142 valence electrons. The lowest BCUT2D eigenvalue weighted by atomic mass is 9.85. The number of carbonyl (C=O) groups excluding carboxylic acids is 1. The lowest BCUT2D eigenvalue weighted by Gasteiger charge is -2.38. The third kappa shape index (κ3) is 2.77. The highest BCUT2D eigenvalue weighted by Gasteiger charge is 2.52. The number of allylic oxidation sites excluding steroid dienone is 1. The van der Waals surface area contributed by atoms with Crippen LogP contribution in [0.5, 0.6) is 5.75 Å². The number of methoxy groups -OCH3 is 1. The second-order valence-electron chi connectivity index (χ2n) is 6.67. The van der Waals surface area contributed by atoms with Gasteiger partial charge in [-0.2, -0.15) is 5.26 Å². The van der Waals surface area contributed by atoms with Crippen molar-refractivity contribution in [1.29, 1.82) is 5.26 Å². The van der Waals surface area contributed by atoms with Crippen LogP contribution in [0.15, 0.2) is 59.1 Å². The van der Waals surface area contributed by atoms with Crippen molar-refractivity contribution in [3.63, 3.8) is 0 Å². The van der Waals surface area contributed by atoms with Crippen molar-refractivity contribution in [2.24, 2.45) is 0 Å². The van der Waals surface area contributed by atoms with E-state index in [1.165, 1.54) is 22.7 Å². The normalized spacial score (nSPS) is 24.1. The second kappa shape index (κ2) is 6.97. The number of hydrogen-bond acceptors (Lipinski definition) is 5. The van der Waals surface area contributed by atoms with Gasteiger partial charge in [0.2, 0.25) is 5.91 Å². The van der Waals surface area contributed by atoms with E-state index in [9.17, 15) is 19.6 Å². The van der Waals surface area contributed by atoms with E-state index in [-0.39, 0.29) is 18.1 Å². The molecule has 2 aromatic rings. The van der Waals surface area contributed by atoms with E-state index in [0.717, 1.165) is 0 Å². The van der Waals surface area contributed by atoms with Crippen LogP contribution in [-0.4, -0.2) is 28.8 Å². The molecular weight excluding hydrogens is 379 g/mol. The molecule has 0 bridgehead atoms. The topological polar surface area (TPSA) is 73.6 Å². The zero-order valence-corrected chi connectivity index (χ0v) is 15.9. The lowest BCUT2D eigenvalue weighted by Crippen LogP contribution is -2.48. The molecule has 1 saturated heterocycles. The van der Waals surface area contributed by atoms with E-state index in [1.54, 1.807) is 49.6 Å². The molecule has 7 heteroatoms. The van der Waals surface area contributed by atoms with Crippen molar-refractivity contribution >= 4 is 17.7 Å². The number of nitrogens with zero attached hydrogens (tertiary/aromatic N) is 2. The second-order valence-corrected chi connectivity index (χ2v) is 7.64. The van der Waals surface area contributed by atoms with Gasteiger partial charge in [-0.05, 0) is 23.8 Å². The number of amides is 1. The molecule has 1 N–H and O–H groups in total. The van der Waals surface area contributed by atoms with E-state index in [2.05, 4.69) is 6.07 Å². The van der Waals surface area contributed by atoms with Gasteiger partial charge in [-0.1, -0.05) is 30.3 Å². The van der Waals surface area contributed by atoms with Crippen LogP contribution in [-0.2, 0) is 10.5 Å². The van der Waals surface area contributed by atoms with Crippen molar-refractivity contribution < 1.29 is 19.0 Å². The first-order valence-corrected chi connectivity index (χ1v) is 9.69. The molecule has 2 aromatic carbocycles. The Morgan fingerprint density at radius 2 is 2.00 bits per heavy atom. The van der Waals surface area contributed by atoms with E-state index < -0.39 is 17.5 Å². The first-order chi connectivity index (χ1) is 13.5. The van der Waals surface area contributed by atoms with Gasteiger partial charge in [0, 0.05) is 17.9 Å². The summed E-state index contributed by atoms with van der Waals surface area (Å²) in [7, 11) is 1.55. The van der Waals surface area contributed by atoms with E-state index in [4.69, 9.17) is 4.74 Å². The Balaban J connectivity index is 1.80. The SMILES string of the molecule is COc1ccc([C@@]2(O)CSC3=C(C#N)[C@@H](c4ccccc4F)CC(=O)N32)cc1. The van der Waals surface area contributed by atoms with Gasteiger partial charge in [0.25, 0.3) is 0 Å². The third-order valence-electron chi connectivity index (χ3n) is 5.14. The number of rotatable bonds is 3. The summed E-state index contributed by atoms with van der Waals surface area (Å²) in [4.78, 5) is 14.3. The smallest absolute Gasteiger partial charge is 0.231 e. The highest BCUT2D eigenvalue weighted by atomic mass is 32.2. The molecule has 1 fully saturated rings. The number of nitriles is 1. The number of carbonyl (C=O) groups is 1. The Kier molecular flexibility index (Phi) is 4.61.